The number of nitrogens with two attached hydrogens (primary N) is 1. The molecule has 6 heteroatoms. The molecule has 1 unspecified atom stereocenters. The average Bonchev–Trinajstić information content (AvgIpc) is 2.43. The van der Waals surface area contributed by atoms with Gasteiger partial charge < -0.3 is 10.6 Å². The van der Waals surface area contributed by atoms with Gasteiger partial charge in [-0.3, -0.25) is 4.79 Å². The van der Waals surface area contributed by atoms with Gasteiger partial charge in [0.25, 0.3) is 0 Å². The third-order valence-electron chi connectivity index (χ3n) is 3.89. The van der Waals surface area contributed by atoms with Crippen LogP contribution in [0.1, 0.15) is 30.5 Å². The summed E-state index contributed by atoms with van der Waals surface area (Å²) in [6, 6.07) is 3.49. The number of rotatable bonds is 2. The lowest BCUT2D eigenvalue weighted by Gasteiger charge is -2.33. The van der Waals surface area contributed by atoms with Crippen LogP contribution in [0, 0.1) is 5.92 Å². The van der Waals surface area contributed by atoms with E-state index in [0.29, 0.717) is 18.5 Å². The molecule has 1 aliphatic heterocycles. The molecule has 0 saturated heterocycles. The summed E-state index contributed by atoms with van der Waals surface area (Å²) >= 11 is 0. The van der Waals surface area contributed by atoms with E-state index in [-0.39, 0.29) is 23.9 Å². The minimum absolute atomic E-state index is 0.0235. The van der Waals surface area contributed by atoms with E-state index in [2.05, 4.69) is 0 Å². The number of amides is 1. The number of alkyl halides is 3. The number of benzene rings is 1. The van der Waals surface area contributed by atoms with Crippen LogP contribution in [0.4, 0.5) is 13.2 Å². The van der Waals surface area contributed by atoms with Crippen LogP contribution in [0.3, 0.4) is 0 Å². The molecule has 0 aromatic heterocycles. The molecule has 0 fully saturated rings. The highest BCUT2D eigenvalue weighted by Crippen LogP contribution is 2.35. The second kappa shape index (κ2) is 5.67. The Morgan fingerprint density at radius 2 is 2.00 bits per heavy atom. The first kappa shape index (κ1) is 15.8. The third-order valence-corrected chi connectivity index (χ3v) is 3.89. The first-order valence-electron chi connectivity index (χ1n) is 6.94. The van der Waals surface area contributed by atoms with E-state index >= 15 is 0 Å². The molecule has 1 heterocycles. The fourth-order valence-electron chi connectivity index (χ4n) is 2.53. The highest BCUT2D eigenvalue weighted by Gasteiger charge is 2.36. The molecular weight excluding hydrogens is 281 g/mol. The van der Waals surface area contributed by atoms with Crippen molar-refractivity contribution in [1.82, 2.24) is 4.90 Å². The Morgan fingerprint density at radius 3 is 2.57 bits per heavy atom. The molecule has 0 spiro atoms. The van der Waals surface area contributed by atoms with Crippen molar-refractivity contribution in [3.8, 4) is 0 Å². The van der Waals surface area contributed by atoms with Gasteiger partial charge in [0.05, 0.1) is 11.6 Å². The van der Waals surface area contributed by atoms with Gasteiger partial charge in [0.15, 0.2) is 0 Å². The smallest absolute Gasteiger partial charge is 0.337 e. The quantitative estimate of drug-likeness (QED) is 0.912. The summed E-state index contributed by atoms with van der Waals surface area (Å²) in [5.74, 6) is -0.329. The first-order chi connectivity index (χ1) is 9.71. The van der Waals surface area contributed by atoms with Crippen LogP contribution in [0.5, 0.6) is 0 Å². The summed E-state index contributed by atoms with van der Waals surface area (Å²) in [4.78, 5) is 13.7. The molecule has 3 nitrogen and oxygen atoms in total. The third kappa shape index (κ3) is 3.20. The van der Waals surface area contributed by atoms with Gasteiger partial charge in [-0.1, -0.05) is 26.0 Å². The first-order valence-corrected chi connectivity index (χ1v) is 6.94. The predicted octanol–water partition coefficient (Wildman–Crippen LogP) is 2.57. The Balaban J connectivity index is 2.29. The van der Waals surface area contributed by atoms with Crippen molar-refractivity contribution in [2.75, 3.05) is 6.54 Å². The summed E-state index contributed by atoms with van der Waals surface area (Å²) < 4.78 is 39.2. The normalized spacial score (nSPS) is 16.8. The van der Waals surface area contributed by atoms with Gasteiger partial charge in [0.2, 0.25) is 5.91 Å². The minimum atomic E-state index is -4.41. The summed E-state index contributed by atoms with van der Waals surface area (Å²) in [7, 11) is 0. The van der Waals surface area contributed by atoms with Crippen LogP contribution in [0.15, 0.2) is 18.2 Å². The molecule has 1 aliphatic rings. The van der Waals surface area contributed by atoms with Crippen LogP contribution >= 0.6 is 0 Å². The molecule has 1 amide bonds. The van der Waals surface area contributed by atoms with Gasteiger partial charge in [-0.25, -0.2) is 0 Å². The maximum Gasteiger partial charge on any atom is 0.416 e. The molecule has 1 atom stereocenters. The second-order valence-electron chi connectivity index (χ2n) is 5.72. The second-order valence-corrected chi connectivity index (χ2v) is 5.72. The van der Waals surface area contributed by atoms with E-state index in [1.807, 2.05) is 13.8 Å². The number of halogens is 3. The fraction of sp³-hybridized carbons (Fsp3) is 0.533. The Bertz CT molecular complexity index is 540. The summed E-state index contributed by atoms with van der Waals surface area (Å²) in [6.07, 6.45) is -3.98. The van der Waals surface area contributed by atoms with Crippen molar-refractivity contribution >= 4 is 5.91 Å². The predicted molar refractivity (Wildman–Crippen MR) is 73.4 cm³/mol. The number of carbonyl (C=O) groups excluding carboxylic acids is 1. The lowest BCUT2D eigenvalue weighted by molar-refractivity contribution is -0.141. The van der Waals surface area contributed by atoms with Crippen LogP contribution in [0.2, 0.25) is 0 Å². The van der Waals surface area contributed by atoms with E-state index in [4.69, 9.17) is 5.73 Å². The van der Waals surface area contributed by atoms with Gasteiger partial charge in [0.1, 0.15) is 0 Å². The molecule has 0 saturated carbocycles. The lowest BCUT2D eigenvalue weighted by Crippen LogP contribution is -2.48. The van der Waals surface area contributed by atoms with E-state index in [1.54, 1.807) is 6.07 Å². The SMILES string of the molecule is CC(C)C(N)C(=O)N1CCc2cccc(C(F)(F)F)c2C1. The van der Waals surface area contributed by atoms with Crippen LogP contribution in [-0.4, -0.2) is 23.4 Å². The number of hydrogen-bond acceptors (Lipinski definition) is 2. The van der Waals surface area contributed by atoms with Gasteiger partial charge in [-0.05, 0) is 29.5 Å². The zero-order valence-corrected chi connectivity index (χ0v) is 12.1. The Morgan fingerprint density at radius 1 is 1.33 bits per heavy atom. The molecule has 1 aromatic carbocycles. The lowest BCUT2D eigenvalue weighted by atomic mass is 9.93. The van der Waals surface area contributed by atoms with Crippen molar-refractivity contribution in [2.45, 2.75) is 39.0 Å². The summed E-state index contributed by atoms with van der Waals surface area (Å²) in [6.45, 7) is 4.03. The van der Waals surface area contributed by atoms with Gasteiger partial charge in [-0.15, -0.1) is 0 Å². The van der Waals surface area contributed by atoms with Crippen molar-refractivity contribution in [3.05, 3.63) is 34.9 Å². The van der Waals surface area contributed by atoms with E-state index in [0.717, 1.165) is 6.07 Å². The van der Waals surface area contributed by atoms with Crippen molar-refractivity contribution < 1.29 is 18.0 Å². The number of carbonyl (C=O) groups is 1. The van der Waals surface area contributed by atoms with Gasteiger partial charge in [-0.2, -0.15) is 13.2 Å². The molecule has 1 aromatic rings. The molecular formula is C15H19F3N2O. The highest BCUT2D eigenvalue weighted by molar-refractivity contribution is 5.82. The standard InChI is InChI=1S/C15H19F3N2O/c1-9(2)13(19)14(21)20-7-6-10-4-3-5-12(11(10)8-20)15(16,17)18/h3-5,9,13H,6-8,19H2,1-2H3. The van der Waals surface area contributed by atoms with Crippen molar-refractivity contribution in [3.63, 3.8) is 0 Å². The zero-order chi connectivity index (χ0) is 15.8. The highest BCUT2D eigenvalue weighted by atomic mass is 19.4. The van der Waals surface area contributed by atoms with Gasteiger partial charge >= 0.3 is 6.18 Å². The molecule has 0 radical (unpaired) electrons. The molecule has 0 aliphatic carbocycles. The average molecular weight is 300 g/mol. The molecule has 2 rings (SSSR count). The van der Waals surface area contributed by atoms with Crippen LogP contribution in [0.25, 0.3) is 0 Å². The Hall–Kier alpha value is -1.56. The number of nitrogens with zero attached hydrogens (tertiary/aromatic N) is 1. The van der Waals surface area contributed by atoms with Crippen LogP contribution in [-0.2, 0) is 23.9 Å². The minimum Gasteiger partial charge on any atom is -0.337 e. The monoisotopic (exact) mass is 300 g/mol. The van der Waals surface area contributed by atoms with E-state index in [9.17, 15) is 18.0 Å². The van der Waals surface area contributed by atoms with E-state index in [1.165, 1.54) is 11.0 Å². The number of fused-ring (bicyclic) bond motifs is 1. The Kier molecular flexibility index (Phi) is 4.27. The summed E-state index contributed by atoms with van der Waals surface area (Å²) in [5, 5.41) is 0. The topological polar surface area (TPSA) is 46.3 Å². The van der Waals surface area contributed by atoms with E-state index < -0.39 is 17.8 Å². The van der Waals surface area contributed by atoms with Crippen molar-refractivity contribution in [2.24, 2.45) is 11.7 Å². The van der Waals surface area contributed by atoms with Crippen LogP contribution < -0.4 is 5.73 Å². The van der Waals surface area contributed by atoms with Crippen molar-refractivity contribution in [1.29, 1.82) is 0 Å². The molecule has 2 N–H and O–H groups in total. The molecule has 21 heavy (non-hydrogen) atoms. The molecule has 116 valence electrons. The summed E-state index contributed by atoms with van der Waals surface area (Å²) in [5.41, 5.74) is 6.02. The zero-order valence-electron chi connectivity index (χ0n) is 12.1. The Labute approximate surface area is 121 Å². The maximum absolute atomic E-state index is 13.1. The van der Waals surface area contributed by atoms with Gasteiger partial charge in [0, 0.05) is 13.1 Å². The fourth-order valence-corrected chi connectivity index (χ4v) is 2.53. The maximum atomic E-state index is 13.1. The molecule has 0 bridgehead atoms. The largest absolute Gasteiger partial charge is 0.416 e. The number of hydrogen-bond donors (Lipinski definition) is 1.